The summed E-state index contributed by atoms with van der Waals surface area (Å²) in [5, 5.41) is 5.47. The molecule has 1 fully saturated rings. The Kier molecular flexibility index (Phi) is 3.83. The number of rotatable bonds is 4. The quantitative estimate of drug-likeness (QED) is 0.941. The van der Waals surface area contributed by atoms with Gasteiger partial charge in [0.15, 0.2) is 5.82 Å². The van der Waals surface area contributed by atoms with E-state index in [1.807, 2.05) is 5.10 Å². The van der Waals surface area contributed by atoms with Gasteiger partial charge >= 0.3 is 6.18 Å². The van der Waals surface area contributed by atoms with Crippen molar-refractivity contribution in [3.05, 3.63) is 35.7 Å². The number of halogens is 3. The van der Waals surface area contributed by atoms with Crippen molar-refractivity contribution in [3.63, 3.8) is 0 Å². The number of benzene rings is 1. The first-order chi connectivity index (χ1) is 10.8. The highest BCUT2D eigenvalue weighted by Crippen LogP contribution is 2.31. The topological polar surface area (TPSA) is 61.9 Å². The maximum Gasteiger partial charge on any atom is 0.451 e. The van der Waals surface area contributed by atoms with Gasteiger partial charge in [-0.25, -0.2) is 4.98 Å². The molecule has 8 heteroatoms. The van der Waals surface area contributed by atoms with Crippen molar-refractivity contribution in [2.75, 3.05) is 7.05 Å². The summed E-state index contributed by atoms with van der Waals surface area (Å²) in [5.41, 5.74) is 1.38. The van der Waals surface area contributed by atoms with Crippen LogP contribution in [0.1, 0.15) is 24.2 Å². The standard InChI is InChI=1S/C15H15F3N4O/c1-22(13(23)11-6-7-11)8-9-2-4-10(5-3-9)12-19-14(21-20-12)15(16,17)18/h2-5,11H,6-8H2,1H3,(H,19,20,21). The summed E-state index contributed by atoms with van der Waals surface area (Å²) < 4.78 is 37.5. The molecular formula is C15H15F3N4O. The van der Waals surface area contributed by atoms with Crippen molar-refractivity contribution in [1.29, 1.82) is 0 Å². The minimum atomic E-state index is -4.54. The van der Waals surface area contributed by atoms with Gasteiger partial charge in [-0.2, -0.15) is 18.3 Å². The van der Waals surface area contributed by atoms with E-state index in [1.54, 1.807) is 36.2 Å². The Balaban J connectivity index is 1.69. The van der Waals surface area contributed by atoms with Gasteiger partial charge in [-0.1, -0.05) is 24.3 Å². The van der Waals surface area contributed by atoms with Crippen LogP contribution in [0.25, 0.3) is 11.4 Å². The maximum absolute atomic E-state index is 12.5. The summed E-state index contributed by atoms with van der Waals surface area (Å²) in [6, 6.07) is 6.81. The van der Waals surface area contributed by atoms with E-state index in [9.17, 15) is 18.0 Å². The van der Waals surface area contributed by atoms with Crippen LogP contribution in [0, 0.1) is 5.92 Å². The molecule has 0 unspecified atom stereocenters. The second kappa shape index (κ2) is 5.68. The molecule has 0 bridgehead atoms. The molecule has 0 atom stereocenters. The Morgan fingerprint density at radius 1 is 1.30 bits per heavy atom. The zero-order chi connectivity index (χ0) is 16.6. The normalized spacial score (nSPS) is 14.8. The van der Waals surface area contributed by atoms with Crippen LogP contribution in [0.5, 0.6) is 0 Å². The Hall–Kier alpha value is -2.38. The average molecular weight is 324 g/mol. The first-order valence-corrected chi connectivity index (χ1v) is 7.18. The number of aromatic nitrogens is 3. The fourth-order valence-electron chi connectivity index (χ4n) is 2.27. The van der Waals surface area contributed by atoms with Gasteiger partial charge in [0.2, 0.25) is 11.7 Å². The summed E-state index contributed by atoms with van der Waals surface area (Å²) in [7, 11) is 1.75. The molecular weight excluding hydrogens is 309 g/mol. The molecule has 1 aliphatic carbocycles. The van der Waals surface area contributed by atoms with Crippen molar-refractivity contribution < 1.29 is 18.0 Å². The largest absolute Gasteiger partial charge is 0.451 e. The van der Waals surface area contributed by atoms with Crippen molar-refractivity contribution >= 4 is 5.91 Å². The molecule has 5 nitrogen and oxygen atoms in total. The predicted octanol–water partition coefficient (Wildman–Crippen LogP) is 2.86. The van der Waals surface area contributed by atoms with E-state index in [0.717, 1.165) is 18.4 Å². The van der Waals surface area contributed by atoms with E-state index in [1.165, 1.54) is 0 Å². The highest BCUT2D eigenvalue weighted by atomic mass is 19.4. The van der Waals surface area contributed by atoms with Crippen LogP contribution in [0.2, 0.25) is 0 Å². The number of carbonyl (C=O) groups excluding carboxylic acids is 1. The van der Waals surface area contributed by atoms with E-state index < -0.39 is 12.0 Å². The molecule has 3 rings (SSSR count). The molecule has 1 heterocycles. The number of amides is 1. The summed E-state index contributed by atoms with van der Waals surface area (Å²) in [5.74, 6) is -0.830. The smallest absolute Gasteiger partial charge is 0.341 e. The second-order valence-electron chi connectivity index (χ2n) is 5.67. The van der Waals surface area contributed by atoms with Gasteiger partial charge in [0.25, 0.3) is 0 Å². The molecule has 2 aromatic rings. The van der Waals surface area contributed by atoms with E-state index in [-0.39, 0.29) is 17.6 Å². The molecule has 122 valence electrons. The number of nitrogens with zero attached hydrogens (tertiary/aromatic N) is 3. The highest BCUT2D eigenvalue weighted by molar-refractivity contribution is 5.80. The average Bonchev–Trinajstić information content (AvgIpc) is 3.22. The molecule has 1 aliphatic rings. The first-order valence-electron chi connectivity index (χ1n) is 7.18. The number of hydrogen-bond acceptors (Lipinski definition) is 3. The summed E-state index contributed by atoms with van der Waals surface area (Å²) in [6.07, 6.45) is -2.64. The van der Waals surface area contributed by atoms with Crippen LogP contribution < -0.4 is 0 Å². The molecule has 1 saturated carbocycles. The Labute approximate surface area is 130 Å². The zero-order valence-electron chi connectivity index (χ0n) is 12.4. The lowest BCUT2D eigenvalue weighted by molar-refractivity contribution is -0.144. The summed E-state index contributed by atoms with van der Waals surface area (Å²) in [6.45, 7) is 0.470. The SMILES string of the molecule is CN(Cc1ccc(-c2n[nH]c(C(F)(F)F)n2)cc1)C(=O)C1CC1. The number of H-pyrrole nitrogens is 1. The highest BCUT2D eigenvalue weighted by Gasteiger charge is 2.35. The number of nitrogens with one attached hydrogen (secondary N) is 1. The van der Waals surface area contributed by atoms with Crippen LogP contribution >= 0.6 is 0 Å². The maximum atomic E-state index is 12.5. The number of hydrogen-bond donors (Lipinski definition) is 1. The van der Waals surface area contributed by atoms with Gasteiger partial charge in [0.1, 0.15) is 0 Å². The molecule has 0 spiro atoms. The molecule has 1 amide bonds. The van der Waals surface area contributed by atoms with E-state index >= 15 is 0 Å². The first kappa shape index (κ1) is 15.5. The van der Waals surface area contributed by atoms with Gasteiger partial charge in [0.05, 0.1) is 0 Å². The monoisotopic (exact) mass is 324 g/mol. The fraction of sp³-hybridized carbons (Fsp3) is 0.400. The van der Waals surface area contributed by atoms with E-state index in [4.69, 9.17) is 0 Å². The predicted molar refractivity (Wildman–Crippen MR) is 76.0 cm³/mol. The molecule has 23 heavy (non-hydrogen) atoms. The lowest BCUT2D eigenvalue weighted by Crippen LogP contribution is -2.27. The van der Waals surface area contributed by atoms with Gasteiger partial charge < -0.3 is 4.90 Å². The summed E-state index contributed by atoms with van der Waals surface area (Å²) >= 11 is 0. The molecule has 1 aromatic carbocycles. The Bertz CT molecular complexity index is 704. The lowest BCUT2D eigenvalue weighted by atomic mass is 10.1. The molecule has 0 saturated heterocycles. The molecule has 0 aliphatic heterocycles. The number of alkyl halides is 3. The van der Waals surface area contributed by atoms with E-state index in [0.29, 0.717) is 12.1 Å². The molecule has 1 aromatic heterocycles. The van der Waals surface area contributed by atoms with Crippen molar-refractivity contribution in [1.82, 2.24) is 20.1 Å². The van der Waals surface area contributed by atoms with Gasteiger partial charge in [-0.3, -0.25) is 9.89 Å². The molecule has 1 N–H and O–H groups in total. The van der Waals surface area contributed by atoms with Gasteiger partial charge in [0, 0.05) is 25.1 Å². The van der Waals surface area contributed by atoms with Crippen LogP contribution in [0.15, 0.2) is 24.3 Å². The fourth-order valence-corrected chi connectivity index (χ4v) is 2.27. The minimum Gasteiger partial charge on any atom is -0.341 e. The Morgan fingerprint density at radius 3 is 2.48 bits per heavy atom. The second-order valence-corrected chi connectivity index (χ2v) is 5.67. The van der Waals surface area contributed by atoms with Crippen LogP contribution in [-0.2, 0) is 17.5 Å². The Morgan fingerprint density at radius 2 is 1.96 bits per heavy atom. The van der Waals surface area contributed by atoms with Gasteiger partial charge in [-0.15, -0.1) is 0 Å². The zero-order valence-corrected chi connectivity index (χ0v) is 12.4. The van der Waals surface area contributed by atoms with Crippen molar-refractivity contribution in [2.24, 2.45) is 5.92 Å². The number of carbonyl (C=O) groups is 1. The van der Waals surface area contributed by atoms with Crippen LogP contribution in [-0.4, -0.2) is 33.0 Å². The minimum absolute atomic E-state index is 0.00807. The summed E-state index contributed by atoms with van der Waals surface area (Å²) in [4.78, 5) is 17.0. The lowest BCUT2D eigenvalue weighted by Gasteiger charge is -2.17. The number of aromatic amines is 1. The van der Waals surface area contributed by atoms with Crippen molar-refractivity contribution in [3.8, 4) is 11.4 Å². The van der Waals surface area contributed by atoms with Crippen LogP contribution in [0.3, 0.4) is 0 Å². The third kappa shape index (κ3) is 3.52. The third-order valence-electron chi connectivity index (χ3n) is 3.69. The van der Waals surface area contributed by atoms with Gasteiger partial charge in [-0.05, 0) is 18.4 Å². The van der Waals surface area contributed by atoms with Crippen LogP contribution in [0.4, 0.5) is 13.2 Å². The third-order valence-corrected chi connectivity index (χ3v) is 3.69. The van der Waals surface area contributed by atoms with E-state index in [2.05, 4.69) is 10.1 Å². The van der Waals surface area contributed by atoms with Crippen molar-refractivity contribution in [2.45, 2.75) is 25.6 Å². The molecule has 0 radical (unpaired) electrons.